The van der Waals surface area contributed by atoms with Crippen LogP contribution in [0.3, 0.4) is 0 Å². The summed E-state index contributed by atoms with van der Waals surface area (Å²) in [7, 11) is -3.66. The fraction of sp³-hybridized carbons (Fsp3) is 0.276. The van der Waals surface area contributed by atoms with Gasteiger partial charge in [-0.2, -0.15) is 0 Å². The number of amides is 1. The summed E-state index contributed by atoms with van der Waals surface area (Å²) >= 11 is 6.00. The Hall–Kier alpha value is -3.17. The molecule has 38 heavy (non-hydrogen) atoms. The molecule has 0 unspecified atom stereocenters. The SMILES string of the molecule is CC(C)n1cc(C(=O)NS(C)(=O)=O)c2ccc(-c3ccc(CCNC[C@@H](O)c4cccc(Cl)c4)cc3)cc21. The molecule has 1 heterocycles. The molecule has 3 N–H and O–H groups in total. The predicted molar refractivity (Wildman–Crippen MR) is 153 cm³/mol. The van der Waals surface area contributed by atoms with E-state index in [2.05, 4.69) is 34.3 Å². The Morgan fingerprint density at radius 1 is 1.03 bits per heavy atom. The second-order valence-electron chi connectivity index (χ2n) is 9.70. The normalized spacial score (nSPS) is 12.7. The Morgan fingerprint density at radius 3 is 2.39 bits per heavy atom. The lowest BCUT2D eigenvalue weighted by Crippen LogP contribution is -2.29. The zero-order valence-electron chi connectivity index (χ0n) is 21.6. The average Bonchev–Trinajstić information content (AvgIpc) is 3.25. The molecule has 3 aromatic carbocycles. The van der Waals surface area contributed by atoms with Crippen molar-refractivity contribution in [2.75, 3.05) is 19.3 Å². The van der Waals surface area contributed by atoms with Crippen LogP contribution >= 0.6 is 11.6 Å². The number of nitrogens with one attached hydrogen (secondary N) is 2. The molecular formula is C29H32ClN3O4S. The summed E-state index contributed by atoms with van der Waals surface area (Å²) in [5, 5.41) is 14.9. The molecule has 0 saturated carbocycles. The van der Waals surface area contributed by atoms with Gasteiger partial charge in [0.1, 0.15) is 0 Å². The van der Waals surface area contributed by atoms with Crippen LogP contribution in [0, 0.1) is 0 Å². The number of nitrogens with zero attached hydrogens (tertiary/aromatic N) is 1. The molecule has 4 aromatic rings. The molecule has 7 nitrogen and oxygen atoms in total. The van der Waals surface area contributed by atoms with Crippen molar-refractivity contribution in [3.63, 3.8) is 0 Å². The van der Waals surface area contributed by atoms with Crippen LogP contribution in [0.5, 0.6) is 0 Å². The maximum Gasteiger partial charge on any atom is 0.266 e. The molecule has 200 valence electrons. The van der Waals surface area contributed by atoms with Gasteiger partial charge in [0.25, 0.3) is 5.91 Å². The van der Waals surface area contributed by atoms with Gasteiger partial charge in [-0.3, -0.25) is 4.79 Å². The molecule has 0 spiro atoms. The Balaban J connectivity index is 1.44. The largest absolute Gasteiger partial charge is 0.387 e. The lowest BCUT2D eigenvalue weighted by Gasteiger charge is -2.13. The van der Waals surface area contributed by atoms with E-state index in [1.54, 1.807) is 18.3 Å². The van der Waals surface area contributed by atoms with E-state index >= 15 is 0 Å². The van der Waals surface area contributed by atoms with Crippen LogP contribution in [0.2, 0.25) is 5.02 Å². The lowest BCUT2D eigenvalue weighted by molar-refractivity contribution is 0.0983. The van der Waals surface area contributed by atoms with Gasteiger partial charge in [0.15, 0.2) is 0 Å². The van der Waals surface area contributed by atoms with E-state index in [4.69, 9.17) is 11.6 Å². The summed E-state index contributed by atoms with van der Waals surface area (Å²) in [6, 6.07) is 21.5. The Kier molecular flexibility index (Phi) is 8.57. The van der Waals surface area contributed by atoms with Gasteiger partial charge in [0, 0.05) is 34.7 Å². The summed E-state index contributed by atoms with van der Waals surface area (Å²) in [4.78, 5) is 12.6. The maximum atomic E-state index is 12.6. The Morgan fingerprint density at radius 2 is 1.74 bits per heavy atom. The van der Waals surface area contributed by atoms with Gasteiger partial charge in [0.05, 0.1) is 17.9 Å². The minimum absolute atomic E-state index is 0.0832. The van der Waals surface area contributed by atoms with Crippen LogP contribution in [0.15, 0.2) is 72.9 Å². The lowest BCUT2D eigenvalue weighted by atomic mass is 10.0. The van der Waals surface area contributed by atoms with Crippen LogP contribution in [-0.2, 0) is 16.4 Å². The van der Waals surface area contributed by atoms with Gasteiger partial charge in [-0.05, 0) is 67.3 Å². The number of carbonyl (C=O) groups excluding carboxylic acids is 1. The quantitative estimate of drug-likeness (QED) is 0.237. The molecule has 1 atom stereocenters. The summed E-state index contributed by atoms with van der Waals surface area (Å²) in [5.74, 6) is -0.636. The molecule has 1 amide bonds. The van der Waals surface area contributed by atoms with Gasteiger partial charge in [-0.25, -0.2) is 13.1 Å². The first-order valence-corrected chi connectivity index (χ1v) is 14.7. The fourth-order valence-corrected chi connectivity index (χ4v) is 5.07. The van der Waals surface area contributed by atoms with E-state index in [-0.39, 0.29) is 6.04 Å². The van der Waals surface area contributed by atoms with E-state index < -0.39 is 22.0 Å². The molecule has 0 radical (unpaired) electrons. The number of aromatic nitrogens is 1. The molecule has 0 bridgehead atoms. The summed E-state index contributed by atoms with van der Waals surface area (Å²) in [6.07, 6.45) is 2.87. The molecule has 4 rings (SSSR count). The third-order valence-corrected chi connectivity index (χ3v) is 7.15. The van der Waals surface area contributed by atoms with Crippen molar-refractivity contribution in [1.82, 2.24) is 14.6 Å². The number of hydrogen-bond acceptors (Lipinski definition) is 5. The van der Waals surface area contributed by atoms with Gasteiger partial charge < -0.3 is 15.0 Å². The van der Waals surface area contributed by atoms with Crippen molar-refractivity contribution in [1.29, 1.82) is 0 Å². The predicted octanol–water partition coefficient (Wildman–Crippen LogP) is 5.10. The van der Waals surface area contributed by atoms with E-state index in [1.165, 1.54) is 5.56 Å². The first-order valence-electron chi connectivity index (χ1n) is 12.4. The molecule has 9 heteroatoms. The minimum atomic E-state index is -3.66. The zero-order chi connectivity index (χ0) is 27.4. The molecular weight excluding hydrogens is 522 g/mol. The third-order valence-electron chi connectivity index (χ3n) is 6.36. The number of carbonyl (C=O) groups is 1. The van der Waals surface area contributed by atoms with E-state index in [9.17, 15) is 18.3 Å². The number of hydrogen-bond donors (Lipinski definition) is 3. The molecule has 0 aliphatic rings. The smallest absolute Gasteiger partial charge is 0.266 e. The van der Waals surface area contributed by atoms with Crippen molar-refractivity contribution < 1.29 is 18.3 Å². The first kappa shape index (κ1) is 27.9. The summed E-state index contributed by atoms with van der Waals surface area (Å²) in [6.45, 7) is 5.20. The van der Waals surface area contributed by atoms with Crippen molar-refractivity contribution in [2.45, 2.75) is 32.4 Å². The summed E-state index contributed by atoms with van der Waals surface area (Å²) in [5.41, 5.74) is 5.19. The highest BCUT2D eigenvalue weighted by molar-refractivity contribution is 7.89. The molecule has 0 saturated heterocycles. The number of benzene rings is 3. The Labute approximate surface area is 228 Å². The highest BCUT2D eigenvalue weighted by Crippen LogP contribution is 2.30. The number of halogens is 1. The number of sulfonamides is 1. The standard InChI is InChI=1S/C29H32ClN3O4S/c1-19(2)33-18-26(29(35)32-38(3,36)37)25-12-11-22(16-27(25)33)21-9-7-20(8-10-21)13-14-31-17-28(34)23-5-4-6-24(30)15-23/h4-12,15-16,18-19,28,31,34H,13-14,17H2,1-3H3,(H,32,35)/t28-/m1/s1. The van der Waals surface area contributed by atoms with Crippen molar-refractivity contribution in [2.24, 2.45) is 0 Å². The maximum absolute atomic E-state index is 12.6. The van der Waals surface area contributed by atoms with Crippen molar-refractivity contribution in [3.05, 3.63) is 94.6 Å². The Bertz CT molecular complexity index is 1550. The van der Waals surface area contributed by atoms with Gasteiger partial charge in [-0.15, -0.1) is 0 Å². The van der Waals surface area contributed by atoms with Gasteiger partial charge in [-0.1, -0.05) is 60.1 Å². The second kappa shape index (κ2) is 11.7. The average molecular weight is 554 g/mol. The summed E-state index contributed by atoms with van der Waals surface area (Å²) < 4.78 is 27.2. The minimum Gasteiger partial charge on any atom is -0.387 e. The monoisotopic (exact) mass is 553 g/mol. The van der Waals surface area contributed by atoms with Crippen LogP contribution in [-0.4, -0.2) is 43.3 Å². The number of aliphatic hydroxyl groups is 1. The highest BCUT2D eigenvalue weighted by Gasteiger charge is 2.19. The molecule has 0 fully saturated rings. The van der Waals surface area contributed by atoms with Crippen LogP contribution < -0.4 is 10.0 Å². The van der Waals surface area contributed by atoms with Crippen LogP contribution in [0.25, 0.3) is 22.0 Å². The zero-order valence-corrected chi connectivity index (χ0v) is 23.2. The van der Waals surface area contributed by atoms with Gasteiger partial charge >= 0.3 is 0 Å². The third kappa shape index (κ3) is 6.82. The number of rotatable bonds is 10. The van der Waals surface area contributed by atoms with E-state index in [1.807, 2.05) is 48.7 Å². The van der Waals surface area contributed by atoms with Crippen molar-refractivity contribution >= 4 is 38.4 Å². The van der Waals surface area contributed by atoms with Crippen LogP contribution in [0.1, 0.15) is 47.5 Å². The van der Waals surface area contributed by atoms with Crippen molar-refractivity contribution in [3.8, 4) is 11.1 Å². The second-order valence-corrected chi connectivity index (χ2v) is 11.9. The van der Waals surface area contributed by atoms with E-state index in [0.29, 0.717) is 22.5 Å². The molecule has 0 aliphatic carbocycles. The highest BCUT2D eigenvalue weighted by atomic mass is 35.5. The van der Waals surface area contributed by atoms with Gasteiger partial charge in [0.2, 0.25) is 10.0 Å². The number of fused-ring (bicyclic) bond motifs is 1. The molecule has 0 aliphatic heterocycles. The first-order chi connectivity index (χ1) is 18.0. The fourth-order valence-electron chi connectivity index (χ4n) is 4.43. The van der Waals surface area contributed by atoms with Crippen LogP contribution in [0.4, 0.5) is 0 Å². The molecule has 1 aromatic heterocycles. The van der Waals surface area contributed by atoms with E-state index in [0.717, 1.165) is 41.4 Å². The number of aliphatic hydroxyl groups excluding tert-OH is 1. The topological polar surface area (TPSA) is 100 Å².